The summed E-state index contributed by atoms with van der Waals surface area (Å²) in [4.78, 5) is 75.8. The van der Waals surface area contributed by atoms with Crippen molar-refractivity contribution in [2.45, 2.75) is 70.1 Å². The highest BCUT2D eigenvalue weighted by Gasteiger charge is 2.31. The van der Waals surface area contributed by atoms with Crippen molar-refractivity contribution in [3.05, 3.63) is 36.0 Å². The number of aromatic amines is 1. The minimum absolute atomic E-state index is 0.0702. The molecule has 0 spiro atoms. The van der Waals surface area contributed by atoms with Crippen molar-refractivity contribution in [1.82, 2.24) is 20.9 Å². The van der Waals surface area contributed by atoms with Gasteiger partial charge >= 0.3 is 11.9 Å². The SMILES string of the molecule is CC(C)CC(NC(=O)C(N)Cc1c[nH]c2ccccc12)C(=O)NC(CCC(=O)O)C(=O)NC(CC(N)=O)C(=O)O. The van der Waals surface area contributed by atoms with E-state index in [1.807, 2.05) is 38.1 Å². The molecule has 218 valence electrons. The highest BCUT2D eigenvalue weighted by molar-refractivity contribution is 5.95. The van der Waals surface area contributed by atoms with Crippen LogP contribution in [0.5, 0.6) is 0 Å². The highest BCUT2D eigenvalue weighted by atomic mass is 16.4. The third-order valence-electron chi connectivity index (χ3n) is 6.09. The van der Waals surface area contributed by atoms with Crippen LogP contribution >= 0.6 is 0 Å². The van der Waals surface area contributed by atoms with Gasteiger partial charge in [-0.25, -0.2) is 4.79 Å². The Kier molecular flexibility index (Phi) is 11.6. The van der Waals surface area contributed by atoms with Crippen LogP contribution in [0.1, 0.15) is 45.1 Å². The molecule has 14 nitrogen and oxygen atoms in total. The van der Waals surface area contributed by atoms with Crippen molar-refractivity contribution in [3.63, 3.8) is 0 Å². The van der Waals surface area contributed by atoms with Crippen molar-refractivity contribution in [2.75, 3.05) is 0 Å². The fourth-order valence-corrected chi connectivity index (χ4v) is 4.09. The number of H-pyrrole nitrogens is 1. The number of aliphatic carboxylic acids is 2. The Bertz CT molecular complexity index is 1240. The molecule has 0 bridgehead atoms. The zero-order valence-electron chi connectivity index (χ0n) is 22.3. The number of hydrogen-bond acceptors (Lipinski definition) is 7. The van der Waals surface area contributed by atoms with Crippen molar-refractivity contribution in [2.24, 2.45) is 17.4 Å². The van der Waals surface area contributed by atoms with Gasteiger partial charge in [-0.1, -0.05) is 32.0 Å². The van der Waals surface area contributed by atoms with E-state index >= 15 is 0 Å². The zero-order chi connectivity index (χ0) is 30.0. The molecule has 40 heavy (non-hydrogen) atoms. The van der Waals surface area contributed by atoms with Crippen molar-refractivity contribution < 1.29 is 39.0 Å². The molecule has 4 atom stereocenters. The molecule has 0 aliphatic rings. The minimum atomic E-state index is -1.68. The summed E-state index contributed by atoms with van der Waals surface area (Å²) in [6.45, 7) is 3.63. The molecule has 2 rings (SSSR count). The molecule has 4 unspecified atom stereocenters. The second-order valence-electron chi connectivity index (χ2n) is 9.92. The van der Waals surface area contributed by atoms with Gasteiger partial charge in [0.05, 0.1) is 12.5 Å². The van der Waals surface area contributed by atoms with Crippen LogP contribution < -0.4 is 27.4 Å². The van der Waals surface area contributed by atoms with E-state index in [2.05, 4.69) is 20.9 Å². The molecule has 0 radical (unpaired) electrons. The molecular weight excluding hydrogens is 524 g/mol. The molecule has 4 amide bonds. The van der Waals surface area contributed by atoms with Gasteiger partial charge in [-0.05, 0) is 36.8 Å². The average molecular weight is 561 g/mol. The quantitative estimate of drug-likeness (QED) is 0.130. The number of carboxylic acid groups (broad SMARTS) is 2. The molecule has 2 aromatic rings. The van der Waals surface area contributed by atoms with Crippen LogP contribution in [0.25, 0.3) is 10.9 Å². The lowest BCUT2D eigenvalue weighted by Gasteiger charge is -2.25. The first-order valence-electron chi connectivity index (χ1n) is 12.7. The molecule has 0 saturated carbocycles. The lowest BCUT2D eigenvalue weighted by atomic mass is 10.0. The smallest absolute Gasteiger partial charge is 0.326 e. The molecule has 1 heterocycles. The lowest BCUT2D eigenvalue weighted by Crippen LogP contribution is -2.57. The summed E-state index contributed by atoms with van der Waals surface area (Å²) in [6.07, 6.45) is 0.502. The minimum Gasteiger partial charge on any atom is -0.481 e. The molecule has 0 saturated heterocycles. The Morgan fingerprint density at radius 1 is 0.900 bits per heavy atom. The van der Waals surface area contributed by atoms with Gasteiger partial charge in [0, 0.05) is 23.5 Å². The van der Waals surface area contributed by atoms with E-state index in [9.17, 15) is 33.9 Å². The maximum absolute atomic E-state index is 13.2. The molecule has 0 aliphatic heterocycles. The van der Waals surface area contributed by atoms with Crippen LogP contribution in [0.2, 0.25) is 0 Å². The Balaban J connectivity index is 2.15. The average Bonchev–Trinajstić information content (AvgIpc) is 3.27. The van der Waals surface area contributed by atoms with Gasteiger partial charge in [0.25, 0.3) is 0 Å². The fraction of sp³-hybridized carbons (Fsp3) is 0.462. The number of nitrogens with two attached hydrogens (primary N) is 2. The summed E-state index contributed by atoms with van der Waals surface area (Å²) in [7, 11) is 0. The molecule has 0 aliphatic carbocycles. The third-order valence-corrected chi connectivity index (χ3v) is 6.09. The van der Waals surface area contributed by atoms with Crippen molar-refractivity contribution >= 4 is 46.5 Å². The van der Waals surface area contributed by atoms with Gasteiger partial charge in [-0.3, -0.25) is 24.0 Å². The summed E-state index contributed by atoms with van der Waals surface area (Å²) >= 11 is 0. The maximum atomic E-state index is 13.2. The summed E-state index contributed by atoms with van der Waals surface area (Å²) in [5, 5.41) is 26.4. The summed E-state index contributed by atoms with van der Waals surface area (Å²) in [5.74, 6) is -6.26. The number of rotatable bonds is 16. The predicted octanol–water partition coefficient (Wildman–Crippen LogP) is -0.637. The van der Waals surface area contributed by atoms with Crippen LogP contribution in [0.3, 0.4) is 0 Å². The molecule has 1 aromatic carbocycles. The normalized spacial score (nSPS) is 14.1. The Morgan fingerprint density at radius 3 is 2.10 bits per heavy atom. The summed E-state index contributed by atoms with van der Waals surface area (Å²) in [5.41, 5.74) is 12.9. The summed E-state index contributed by atoms with van der Waals surface area (Å²) < 4.78 is 0. The van der Waals surface area contributed by atoms with Gasteiger partial charge in [0.15, 0.2) is 0 Å². The monoisotopic (exact) mass is 560 g/mol. The van der Waals surface area contributed by atoms with Crippen LogP contribution in [0, 0.1) is 5.92 Å². The largest absolute Gasteiger partial charge is 0.481 e. The van der Waals surface area contributed by atoms with Crippen molar-refractivity contribution in [1.29, 1.82) is 0 Å². The molecule has 0 fully saturated rings. The zero-order valence-corrected chi connectivity index (χ0v) is 22.3. The van der Waals surface area contributed by atoms with Gasteiger partial charge in [0.1, 0.15) is 18.1 Å². The highest BCUT2D eigenvalue weighted by Crippen LogP contribution is 2.19. The first kappa shape index (κ1) is 31.8. The van der Waals surface area contributed by atoms with E-state index in [1.165, 1.54) is 0 Å². The molecule has 14 heteroatoms. The van der Waals surface area contributed by atoms with Crippen LogP contribution in [-0.4, -0.2) is 74.9 Å². The topological polar surface area (TPSA) is 247 Å². The van der Waals surface area contributed by atoms with Crippen LogP contribution in [-0.2, 0) is 35.2 Å². The number of carbonyl (C=O) groups is 6. The lowest BCUT2D eigenvalue weighted by molar-refractivity contribution is -0.144. The van der Waals surface area contributed by atoms with Crippen LogP contribution in [0.15, 0.2) is 30.5 Å². The van der Waals surface area contributed by atoms with Crippen molar-refractivity contribution in [3.8, 4) is 0 Å². The molecular formula is C26H36N6O8. The first-order chi connectivity index (χ1) is 18.8. The Hall–Kier alpha value is -4.46. The number of nitrogens with one attached hydrogen (secondary N) is 4. The number of benzene rings is 1. The second kappa shape index (κ2) is 14.6. The number of fused-ring (bicyclic) bond motifs is 1. The van der Waals surface area contributed by atoms with Gasteiger partial charge in [0.2, 0.25) is 23.6 Å². The van der Waals surface area contributed by atoms with E-state index < -0.39 is 72.6 Å². The van der Waals surface area contributed by atoms with E-state index in [-0.39, 0.29) is 25.2 Å². The number of amides is 4. The number of hydrogen-bond donors (Lipinski definition) is 8. The van der Waals surface area contributed by atoms with E-state index in [0.29, 0.717) is 0 Å². The third kappa shape index (κ3) is 9.69. The Morgan fingerprint density at radius 2 is 1.50 bits per heavy atom. The van der Waals surface area contributed by atoms with E-state index in [0.717, 1.165) is 16.5 Å². The van der Waals surface area contributed by atoms with Gasteiger partial charge in [-0.15, -0.1) is 0 Å². The second-order valence-corrected chi connectivity index (χ2v) is 9.92. The van der Waals surface area contributed by atoms with Gasteiger partial charge in [-0.2, -0.15) is 0 Å². The fourth-order valence-electron chi connectivity index (χ4n) is 4.09. The molecule has 1 aromatic heterocycles. The predicted molar refractivity (Wildman–Crippen MR) is 144 cm³/mol. The summed E-state index contributed by atoms with van der Waals surface area (Å²) in [6, 6.07) is 2.23. The van der Waals surface area contributed by atoms with Gasteiger partial charge < -0.3 is 42.6 Å². The standard InChI is InChI=1S/C26H36N6O8/c1-13(2)9-19(31-23(36)16(27)10-14-12-29-17-6-4-3-5-15(14)17)25(38)30-18(7-8-22(34)35)24(37)32-20(26(39)40)11-21(28)33/h3-6,12-13,16,18-20,29H,7-11,27H2,1-2H3,(H2,28,33)(H,30,38)(H,31,36)(H,32,37)(H,34,35)(H,39,40). The Labute approximate surface area is 230 Å². The maximum Gasteiger partial charge on any atom is 0.326 e. The first-order valence-corrected chi connectivity index (χ1v) is 12.7. The number of para-hydroxylation sites is 1. The van der Waals surface area contributed by atoms with E-state index in [4.69, 9.17) is 16.6 Å². The number of carboxylic acids is 2. The number of primary amides is 1. The number of aromatic nitrogens is 1. The van der Waals surface area contributed by atoms with Crippen LogP contribution in [0.4, 0.5) is 0 Å². The molecule has 10 N–H and O–H groups in total. The number of carbonyl (C=O) groups excluding carboxylic acids is 4. The van der Waals surface area contributed by atoms with E-state index in [1.54, 1.807) is 6.20 Å².